The molecule has 0 rings (SSSR count). The van der Waals surface area contributed by atoms with Crippen LogP contribution in [0.15, 0.2) is 0 Å². The van der Waals surface area contributed by atoms with Crippen LogP contribution in [-0.2, 0) is 0 Å². The maximum atomic E-state index is 3.45. The van der Waals surface area contributed by atoms with Crippen LogP contribution in [0, 0.1) is 5.92 Å². The fraction of sp³-hybridized carbons (Fsp3) is 1.00. The first kappa shape index (κ1) is 13.0. The quantitative estimate of drug-likeness (QED) is 0.570. The topological polar surface area (TPSA) is 12.0 Å². The van der Waals surface area contributed by atoms with Crippen LogP contribution in [0.5, 0.6) is 0 Å². The molecule has 0 amide bonds. The van der Waals surface area contributed by atoms with Crippen LogP contribution >= 0.6 is 0 Å². The van der Waals surface area contributed by atoms with Crippen LogP contribution in [0.1, 0.15) is 59.8 Å². The molecule has 0 heterocycles. The second kappa shape index (κ2) is 8.55. The third-order valence-corrected chi connectivity index (χ3v) is 2.26. The number of nitrogens with one attached hydrogen (secondary N) is 1. The Balaban J connectivity index is 2.92. The highest BCUT2D eigenvalue weighted by Gasteiger charge is 1.95. The molecule has 0 radical (unpaired) electrons. The highest BCUT2D eigenvalue weighted by Crippen LogP contribution is 2.08. The summed E-state index contributed by atoms with van der Waals surface area (Å²) >= 11 is 0. The van der Waals surface area contributed by atoms with E-state index in [1.54, 1.807) is 0 Å². The average molecular weight is 185 g/mol. The van der Waals surface area contributed by atoms with Gasteiger partial charge in [-0.1, -0.05) is 53.4 Å². The Kier molecular flexibility index (Phi) is 8.53. The number of rotatable bonds is 8. The van der Waals surface area contributed by atoms with Crippen molar-refractivity contribution in [3.8, 4) is 0 Å². The van der Waals surface area contributed by atoms with E-state index in [0.29, 0.717) is 6.04 Å². The number of hydrogen-bond donors (Lipinski definition) is 1. The minimum absolute atomic E-state index is 0.649. The van der Waals surface area contributed by atoms with Crippen molar-refractivity contribution in [3.05, 3.63) is 0 Å². The molecule has 0 fully saturated rings. The molecular weight excluding hydrogens is 158 g/mol. The molecular formula is C12H27N. The van der Waals surface area contributed by atoms with Crippen LogP contribution in [0.25, 0.3) is 0 Å². The van der Waals surface area contributed by atoms with Crippen molar-refractivity contribution >= 4 is 0 Å². The fourth-order valence-electron chi connectivity index (χ4n) is 1.42. The molecule has 13 heavy (non-hydrogen) atoms. The van der Waals surface area contributed by atoms with Gasteiger partial charge in [-0.3, -0.25) is 0 Å². The predicted molar refractivity (Wildman–Crippen MR) is 61.1 cm³/mol. The zero-order valence-corrected chi connectivity index (χ0v) is 9.90. The Hall–Kier alpha value is -0.0400. The minimum Gasteiger partial charge on any atom is -0.315 e. The first-order valence-corrected chi connectivity index (χ1v) is 5.86. The normalized spacial score (nSPS) is 11.5. The summed E-state index contributed by atoms with van der Waals surface area (Å²) in [5.41, 5.74) is 0. The van der Waals surface area contributed by atoms with Gasteiger partial charge in [-0.25, -0.2) is 0 Å². The van der Waals surface area contributed by atoms with E-state index in [-0.39, 0.29) is 0 Å². The van der Waals surface area contributed by atoms with E-state index >= 15 is 0 Å². The summed E-state index contributed by atoms with van der Waals surface area (Å²) in [5, 5.41) is 3.45. The van der Waals surface area contributed by atoms with Crippen molar-refractivity contribution in [1.82, 2.24) is 5.32 Å². The summed E-state index contributed by atoms with van der Waals surface area (Å²) in [6, 6.07) is 0.649. The Morgan fingerprint density at radius 3 is 2.00 bits per heavy atom. The lowest BCUT2D eigenvalue weighted by molar-refractivity contribution is 0.502. The van der Waals surface area contributed by atoms with E-state index in [4.69, 9.17) is 0 Å². The molecule has 0 bridgehead atoms. The molecule has 0 aliphatic heterocycles. The lowest BCUT2D eigenvalue weighted by Crippen LogP contribution is -2.23. The standard InChI is InChI=1S/C12H27N/c1-11(2)9-7-5-6-8-10-13-12(3)4/h11-13H,5-10H2,1-4H3. The predicted octanol–water partition coefficient (Wildman–Crippen LogP) is 3.59. The monoisotopic (exact) mass is 185 g/mol. The molecule has 0 aliphatic rings. The minimum atomic E-state index is 0.649. The van der Waals surface area contributed by atoms with Crippen LogP contribution < -0.4 is 5.32 Å². The van der Waals surface area contributed by atoms with E-state index < -0.39 is 0 Å². The third kappa shape index (κ3) is 12.0. The Bertz CT molecular complexity index is 85.3. The summed E-state index contributed by atoms with van der Waals surface area (Å²) in [4.78, 5) is 0. The van der Waals surface area contributed by atoms with E-state index in [1.165, 1.54) is 38.6 Å². The summed E-state index contributed by atoms with van der Waals surface area (Å²) in [7, 11) is 0. The molecule has 80 valence electrons. The molecule has 1 heteroatoms. The Morgan fingerprint density at radius 2 is 1.46 bits per heavy atom. The highest BCUT2D eigenvalue weighted by atomic mass is 14.9. The zero-order chi connectivity index (χ0) is 10.1. The largest absolute Gasteiger partial charge is 0.315 e. The summed E-state index contributed by atoms with van der Waals surface area (Å²) in [6.45, 7) is 10.2. The van der Waals surface area contributed by atoms with Crippen molar-refractivity contribution < 1.29 is 0 Å². The van der Waals surface area contributed by atoms with Gasteiger partial charge in [0.2, 0.25) is 0 Å². The van der Waals surface area contributed by atoms with Crippen LogP contribution in [0.2, 0.25) is 0 Å². The van der Waals surface area contributed by atoms with Gasteiger partial charge in [-0.2, -0.15) is 0 Å². The van der Waals surface area contributed by atoms with E-state index in [2.05, 4.69) is 33.0 Å². The lowest BCUT2D eigenvalue weighted by Gasteiger charge is -2.07. The van der Waals surface area contributed by atoms with Gasteiger partial charge in [0.15, 0.2) is 0 Å². The average Bonchev–Trinajstić information content (AvgIpc) is 2.01. The molecule has 0 aromatic rings. The maximum absolute atomic E-state index is 3.45. The molecule has 0 saturated carbocycles. The molecule has 0 spiro atoms. The van der Waals surface area contributed by atoms with Gasteiger partial charge in [0.05, 0.1) is 0 Å². The Morgan fingerprint density at radius 1 is 0.846 bits per heavy atom. The maximum Gasteiger partial charge on any atom is 0.00103 e. The number of hydrogen-bond acceptors (Lipinski definition) is 1. The molecule has 0 aromatic heterocycles. The molecule has 0 aromatic carbocycles. The van der Waals surface area contributed by atoms with Crippen molar-refractivity contribution in [2.24, 2.45) is 5.92 Å². The van der Waals surface area contributed by atoms with Crippen LogP contribution in [-0.4, -0.2) is 12.6 Å². The van der Waals surface area contributed by atoms with Crippen LogP contribution in [0.4, 0.5) is 0 Å². The Labute approximate surface area is 84.3 Å². The third-order valence-electron chi connectivity index (χ3n) is 2.26. The molecule has 1 N–H and O–H groups in total. The van der Waals surface area contributed by atoms with Gasteiger partial charge < -0.3 is 5.32 Å². The van der Waals surface area contributed by atoms with Crippen molar-refractivity contribution in [2.45, 2.75) is 65.8 Å². The SMILES string of the molecule is CC(C)CCCCCCNC(C)C. The van der Waals surface area contributed by atoms with Gasteiger partial charge in [0.25, 0.3) is 0 Å². The fourth-order valence-corrected chi connectivity index (χ4v) is 1.42. The van der Waals surface area contributed by atoms with Gasteiger partial charge in [0, 0.05) is 6.04 Å². The van der Waals surface area contributed by atoms with Crippen molar-refractivity contribution in [1.29, 1.82) is 0 Å². The van der Waals surface area contributed by atoms with Crippen molar-refractivity contribution in [2.75, 3.05) is 6.54 Å². The second-order valence-corrected chi connectivity index (χ2v) is 4.71. The molecule has 0 unspecified atom stereocenters. The lowest BCUT2D eigenvalue weighted by atomic mass is 10.0. The van der Waals surface area contributed by atoms with E-state index in [0.717, 1.165) is 5.92 Å². The number of unbranched alkanes of at least 4 members (excludes halogenated alkanes) is 3. The van der Waals surface area contributed by atoms with Crippen LogP contribution in [0.3, 0.4) is 0 Å². The van der Waals surface area contributed by atoms with E-state index in [1.807, 2.05) is 0 Å². The summed E-state index contributed by atoms with van der Waals surface area (Å²) in [6.07, 6.45) is 6.97. The van der Waals surface area contributed by atoms with Gasteiger partial charge in [0.1, 0.15) is 0 Å². The van der Waals surface area contributed by atoms with Gasteiger partial charge in [-0.05, 0) is 18.9 Å². The van der Waals surface area contributed by atoms with E-state index in [9.17, 15) is 0 Å². The zero-order valence-electron chi connectivity index (χ0n) is 9.90. The summed E-state index contributed by atoms with van der Waals surface area (Å²) < 4.78 is 0. The molecule has 0 saturated heterocycles. The first-order valence-electron chi connectivity index (χ1n) is 5.86. The molecule has 0 aliphatic carbocycles. The summed E-state index contributed by atoms with van der Waals surface area (Å²) in [5.74, 6) is 0.883. The molecule has 0 atom stereocenters. The van der Waals surface area contributed by atoms with Crippen molar-refractivity contribution in [3.63, 3.8) is 0 Å². The highest BCUT2D eigenvalue weighted by molar-refractivity contribution is 4.53. The second-order valence-electron chi connectivity index (χ2n) is 4.71. The smallest absolute Gasteiger partial charge is 0.00103 e. The van der Waals surface area contributed by atoms with Gasteiger partial charge >= 0.3 is 0 Å². The molecule has 1 nitrogen and oxygen atoms in total. The first-order chi connectivity index (χ1) is 6.13. The van der Waals surface area contributed by atoms with Gasteiger partial charge in [-0.15, -0.1) is 0 Å².